The quantitative estimate of drug-likeness (QED) is 0.344. The average Bonchev–Trinajstić information content (AvgIpc) is 2.97. The molecular weight excluding hydrogens is 498 g/mol. The van der Waals surface area contributed by atoms with Gasteiger partial charge < -0.3 is 24.7 Å². The Bertz CT molecular complexity index is 1300. The van der Waals surface area contributed by atoms with Crippen molar-refractivity contribution in [3.05, 3.63) is 82.9 Å². The summed E-state index contributed by atoms with van der Waals surface area (Å²) in [5.41, 5.74) is 3.54. The van der Waals surface area contributed by atoms with Crippen molar-refractivity contribution < 1.29 is 29.3 Å². The fraction of sp³-hybridized carbons (Fsp3) is 0.222. The highest BCUT2D eigenvalue weighted by Gasteiger charge is 2.31. The molecule has 3 aromatic carbocycles. The van der Waals surface area contributed by atoms with Gasteiger partial charge in [-0.3, -0.25) is 4.79 Å². The van der Waals surface area contributed by atoms with E-state index in [-0.39, 0.29) is 12.5 Å². The number of carbonyl (C=O) groups excluding carboxylic acids is 1. The minimum absolute atomic E-state index is 0.148. The highest BCUT2D eigenvalue weighted by Crippen LogP contribution is 2.42. The summed E-state index contributed by atoms with van der Waals surface area (Å²) in [4.78, 5) is 40.2. The zero-order valence-corrected chi connectivity index (χ0v) is 20.9. The fourth-order valence-electron chi connectivity index (χ4n) is 4.34. The van der Waals surface area contributed by atoms with Gasteiger partial charge in [0.05, 0.1) is 36.3 Å². The predicted octanol–water partition coefficient (Wildman–Crippen LogP) is 6.09. The molecule has 3 amide bonds. The molecule has 0 atom stereocenters. The van der Waals surface area contributed by atoms with E-state index in [4.69, 9.17) is 26.6 Å². The molecule has 0 spiro atoms. The number of carbonyl (C=O) groups is 3. The molecule has 3 aromatic rings. The molecule has 2 N–H and O–H groups in total. The van der Waals surface area contributed by atoms with Gasteiger partial charge in [-0.15, -0.1) is 0 Å². The SMILES string of the molecule is COc1ccc(CN2C(=O)c3ccccc3N(CCCCN(C(=O)O)C(=O)O)c3cc(Cl)ccc32)cc1. The van der Waals surface area contributed by atoms with Crippen LogP contribution >= 0.6 is 11.6 Å². The molecule has 9 nitrogen and oxygen atoms in total. The lowest BCUT2D eigenvalue weighted by atomic mass is 10.1. The van der Waals surface area contributed by atoms with Gasteiger partial charge in [-0.1, -0.05) is 35.9 Å². The number of imide groups is 1. The van der Waals surface area contributed by atoms with Crippen molar-refractivity contribution in [2.75, 3.05) is 30.0 Å². The molecule has 1 aliphatic rings. The van der Waals surface area contributed by atoms with Gasteiger partial charge in [-0.2, -0.15) is 0 Å². The molecule has 0 aromatic heterocycles. The molecule has 1 aliphatic heterocycles. The molecule has 0 radical (unpaired) electrons. The van der Waals surface area contributed by atoms with E-state index in [1.165, 1.54) is 0 Å². The number of rotatable bonds is 8. The topological polar surface area (TPSA) is 111 Å². The van der Waals surface area contributed by atoms with Crippen LogP contribution in [0.4, 0.5) is 26.7 Å². The van der Waals surface area contributed by atoms with Crippen molar-refractivity contribution in [1.82, 2.24) is 4.90 Å². The lowest BCUT2D eigenvalue weighted by Crippen LogP contribution is -2.35. The van der Waals surface area contributed by atoms with Crippen LogP contribution in [0.2, 0.25) is 5.02 Å². The summed E-state index contributed by atoms with van der Waals surface area (Å²) < 4.78 is 5.25. The lowest BCUT2D eigenvalue weighted by Gasteiger charge is -2.28. The van der Waals surface area contributed by atoms with Gasteiger partial charge in [0.25, 0.3) is 5.91 Å². The van der Waals surface area contributed by atoms with Crippen molar-refractivity contribution in [2.45, 2.75) is 19.4 Å². The smallest absolute Gasteiger partial charge is 0.416 e. The van der Waals surface area contributed by atoms with Crippen LogP contribution in [-0.4, -0.2) is 53.4 Å². The van der Waals surface area contributed by atoms with Gasteiger partial charge >= 0.3 is 12.2 Å². The third-order valence-corrected chi connectivity index (χ3v) is 6.40. The zero-order valence-electron chi connectivity index (χ0n) is 20.1. The van der Waals surface area contributed by atoms with Gasteiger partial charge in [-0.25, -0.2) is 14.5 Å². The second kappa shape index (κ2) is 11.2. The van der Waals surface area contributed by atoms with Crippen LogP contribution in [-0.2, 0) is 6.54 Å². The first-order valence-electron chi connectivity index (χ1n) is 11.6. The van der Waals surface area contributed by atoms with E-state index in [0.29, 0.717) is 52.8 Å². The van der Waals surface area contributed by atoms with Crippen LogP contribution < -0.4 is 14.5 Å². The summed E-state index contributed by atoms with van der Waals surface area (Å²) in [7, 11) is 1.60. The van der Waals surface area contributed by atoms with Crippen molar-refractivity contribution >= 4 is 46.8 Å². The molecule has 10 heteroatoms. The summed E-state index contributed by atoms with van der Waals surface area (Å²) in [6, 6.07) is 20.1. The second-order valence-electron chi connectivity index (χ2n) is 8.47. The van der Waals surface area contributed by atoms with E-state index in [1.54, 1.807) is 36.3 Å². The third kappa shape index (κ3) is 5.62. The number of nitrogens with zero attached hydrogens (tertiary/aromatic N) is 3. The van der Waals surface area contributed by atoms with Gasteiger partial charge in [-0.05, 0) is 60.9 Å². The highest BCUT2D eigenvalue weighted by atomic mass is 35.5. The number of amides is 3. The number of hydrogen-bond donors (Lipinski definition) is 2. The van der Waals surface area contributed by atoms with Gasteiger partial charge in [0, 0.05) is 18.1 Å². The minimum Gasteiger partial charge on any atom is -0.497 e. The average molecular weight is 524 g/mol. The van der Waals surface area contributed by atoms with Crippen molar-refractivity contribution in [2.24, 2.45) is 0 Å². The molecule has 192 valence electrons. The van der Waals surface area contributed by atoms with Gasteiger partial charge in [0.2, 0.25) is 0 Å². The number of ether oxygens (including phenoxy) is 1. The zero-order chi connectivity index (χ0) is 26.5. The Morgan fingerprint density at radius 2 is 1.59 bits per heavy atom. The first kappa shape index (κ1) is 25.8. The number of unbranched alkanes of at least 4 members (excludes halogenated alkanes) is 1. The number of benzene rings is 3. The Morgan fingerprint density at radius 3 is 2.27 bits per heavy atom. The van der Waals surface area contributed by atoms with E-state index >= 15 is 0 Å². The monoisotopic (exact) mass is 523 g/mol. The van der Waals surface area contributed by atoms with Crippen LogP contribution in [0.5, 0.6) is 5.75 Å². The fourth-order valence-corrected chi connectivity index (χ4v) is 4.51. The predicted molar refractivity (Wildman–Crippen MR) is 140 cm³/mol. The van der Waals surface area contributed by atoms with Crippen LogP contribution in [0, 0.1) is 0 Å². The summed E-state index contributed by atoms with van der Waals surface area (Å²) in [6.07, 6.45) is -2.23. The molecule has 0 saturated carbocycles. The number of halogens is 1. The van der Waals surface area contributed by atoms with Crippen molar-refractivity contribution in [3.8, 4) is 5.75 Å². The first-order chi connectivity index (χ1) is 17.8. The largest absolute Gasteiger partial charge is 0.497 e. The van der Waals surface area contributed by atoms with E-state index in [9.17, 15) is 14.4 Å². The van der Waals surface area contributed by atoms with E-state index in [1.807, 2.05) is 47.4 Å². The lowest BCUT2D eigenvalue weighted by molar-refractivity contribution is 0.0985. The van der Waals surface area contributed by atoms with Gasteiger partial charge in [0.15, 0.2) is 0 Å². The van der Waals surface area contributed by atoms with Gasteiger partial charge in [0.1, 0.15) is 5.75 Å². The molecule has 0 aliphatic carbocycles. The Labute approximate surface area is 219 Å². The Hall–Kier alpha value is -4.24. The number of hydrogen-bond acceptors (Lipinski definition) is 5. The molecular formula is C27H26ClN3O6. The Morgan fingerprint density at radius 1 is 0.892 bits per heavy atom. The maximum Gasteiger partial charge on any atom is 0.416 e. The summed E-state index contributed by atoms with van der Waals surface area (Å²) >= 11 is 6.39. The summed E-state index contributed by atoms with van der Waals surface area (Å²) in [6.45, 7) is 0.595. The highest BCUT2D eigenvalue weighted by molar-refractivity contribution is 6.31. The molecule has 0 bridgehead atoms. The second-order valence-corrected chi connectivity index (χ2v) is 8.90. The number of para-hydroxylation sites is 1. The van der Waals surface area contributed by atoms with Crippen LogP contribution in [0.25, 0.3) is 0 Å². The minimum atomic E-state index is -1.51. The number of methoxy groups -OCH3 is 1. The Kier molecular flexibility index (Phi) is 7.83. The first-order valence-corrected chi connectivity index (χ1v) is 12.0. The van der Waals surface area contributed by atoms with E-state index in [0.717, 1.165) is 17.0 Å². The molecule has 0 unspecified atom stereocenters. The maximum atomic E-state index is 13.8. The number of anilines is 3. The normalized spacial score (nSPS) is 12.4. The summed E-state index contributed by atoms with van der Waals surface area (Å²) in [5.74, 6) is 0.555. The molecule has 37 heavy (non-hydrogen) atoms. The summed E-state index contributed by atoms with van der Waals surface area (Å²) in [5, 5.41) is 18.7. The van der Waals surface area contributed by atoms with E-state index in [2.05, 4.69) is 0 Å². The molecule has 0 fully saturated rings. The molecule has 0 saturated heterocycles. The maximum absolute atomic E-state index is 13.8. The van der Waals surface area contributed by atoms with Crippen LogP contribution in [0.15, 0.2) is 66.7 Å². The van der Waals surface area contributed by atoms with E-state index < -0.39 is 12.2 Å². The number of fused-ring (bicyclic) bond motifs is 2. The molecule has 4 rings (SSSR count). The number of carboxylic acid groups (broad SMARTS) is 2. The van der Waals surface area contributed by atoms with Crippen molar-refractivity contribution in [1.29, 1.82) is 0 Å². The molecule has 1 heterocycles. The standard InChI is InChI=1S/C27H26ClN3O6/c1-37-20-11-8-18(9-12-20)17-31-23-13-10-19(28)16-24(23)29(22-7-3-2-6-21(22)25(31)32)14-4-5-15-30(26(33)34)27(35)36/h2-3,6-13,16H,4-5,14-15,17H2,1H3,(H,33,34)(H,35,36). The Balaban J connectivity index is 1.68. The van der Waals surface area contributed by atoms with Crippen molar-refractivity contribution in [3.63, 3.8) is 0 Å². The van der Waals surface area contributed by atoms with Crippen LogP contribution in [0.3, 0.4) is 0 Å². The van der Waals surface area contributed by atoms with Crippen LogP contribution in [0.1, 0.15) is 28.8 Å². The third-order valence-electron chi connectivity index (χ3n) is 6.16.